The van der Waals surface area contributed by atoms with Crippen LogP contribution in [0, 0.1) is 0 Å². The minimum atomic E-state index is 0. The van der Waals surface area contributed by atoms with Crippen molar-refractivity contribution in [3.05, 3.63) is 64.1 Å². The molecular formula is C22H21Cl3N2OS. The Morgan fingerprint density at radius 3 is 2.66 bits per heavy atom. The number of benzene rings is 3. The summed E-state index contributed by atoms with van der Waals surface area (Å²) in [5.74, 6) is 2.58. The Labute approximate surface area is 191 Å². The van der Waals surface area contributed by atoms with Gasteiger partial charge in [0.1, 0.15) is 11.6 Å². The molecule has 152 valence electrons. The Bertz CT molecular complexity index is 1060. The molecule has 1 aliphatic rings. The zero-order valence-corrected chi connectivity index (χ0v) is 19.0. The molecule has 3 nitrogen and oxygen atoms in total. The molecule has 0 aliphatic carbocycles. The molecule has 1 aliphatic heterocycles. The Morgan fingerprint density at radius 1 is 1.10 bits per heavy atom. The lowest BCUT2D eigenvalue weighted by molar-refractivity contribution is 0.345. The lowest BCUT2D eigenvalue weighted by Crippen LogP contribution is -2.21. The van der Waals surface area contributed by atoms with E-state index in [1.165, 1.54) is 0 Å². The average molecular weight is 468 g/mol. The molecular weight excluding hydrogens is 447 g/mol. The van der Waals surface area contributed by atoms with E-state index in [9.17, 15) is 0 Å². The smallest absolute Gasteiger partial charge is 0.138 e. The van der Waals surface area contributed by atoms with Crippen molar-refractivity contribution < 1.29 is 4.74 Å². The third kappa shape index (κ3) is 4.61. The molecule has 0 saturated heterocycles. The Morgan fingerprint density at radius 2 is 1.93 bits per heavy atom. The van der Waals surface area contributed by atoms with Crippen molar-refractivity contribution in [3.8, 4) is 16.9 Å². The van der Waals surface area contributed by atoms with Crippen LogP contribution in [-0.2, 0) is 0 Å². The van der Waals surface area contributed by atoms with Gasteiger partial charge in [-0.15, -0.1) is 12.4 Å². The Kier molecular flexibility index (Phi) is 7.58. The highest BCUT2D eigenvalue weighted by Crippen LogP contribution is 2.43. The minimum absolute atomic E-state index is 0. The number of thioether (sulfide) groups is 1. The Balaban J connectivity index is 0.00000240. The zero-order chi connectivity index (χ0) is 19.5. The van der Waals surface area contributed by atoms with Crippen LogP contribution in [0.4, 0.5) is 0 Å². The number of hydrogen-bond acceptors (Lipinski definition) is 4. The summed E-state index contributed by atoms with van der Waals surface area (Å²) in [5, 5.41) is 6.80. The van der Waals surface area contributed by atoms with Crippen molar-refractivity contribution in [2.24, 2.45) is 4.99 Å². The molecule has 0 spiro atoms. The third-order valence-electron chi connectivity index (χ3n) is 4.67. The van der Waals surface area contributed by atoms with E-state index < -0.39 is 0 Å². The molecule has 0 bridgehead atoms. The molecule has 7 heteroatoms. The summed E-state index contributed by atoms with van der Waals surface area (Å²) >= 11 is 14.5. The van der Waals surface area contributed by atoms with Crippen LogP contribution >= 0.6 is 47.4 Å². The van der Waals surface area contributed by atoms with Gasteiger partial charge in [-0.2, -0.15) is 11.8 Å². The fourth-order valence-electron chi connectivity index (χ4n) is 3.42. The predicted molar refractivity (Wildman–Crippen MR) is 130 cm³/mol. The molecule has 0 aromatic heterocycles. The van der Waals surface area contributed by atoms with Crippen LogP contribution in [0.2, 0.25) is 10.0 Å². The van der Waals surface area contributed by atoms with Crippen LogP contribution in [0.25, 0.3) is 21.9 Å². The molecule has 3 aromatic rings. The van der Waals surface area contributed by atoms with Gasteiger partial charge in [0.15, 0.2) is 0 Å². The molecule has 0 saturated carbocycles. The normalized spacial score (nSPS) is 13.0. The van der Waals surface area contributed by atoms with Crippen LogP contribution in [0.3, 0.4) is 0 Å². The molecule has 0 fully saturated rings. The highest BCUT2D eigenvalue weighted by atomic mass is 35.5. The number of rotatable bonds is 6. The first-order valence-corrected chi connectivity index (χ1v) is 11.3. The van der Waals surface area contributed by atoms with Gasteiger partial charge in [-0.1, -0.05) is 53.5 Å². The first-order chi connectivity index (χ1) is 13.7. The van der Waals surface area contributed by atoms with E-state index in [1.807, 2.05) is 24.3 Å². The van der Waals surface area contributed by atoms with Crippen LogP contribution in [-0.4, -0.2) is 37.5 Å². The highest BCUT2D eigenvalue weighted by Gasteiger charge is 2.22. The van der Waals surface area contributed by atoms with Gasteiger partial charge >= 0.3 is 0 Å². The number of halogens is 3. The fraction of sp³-hybridized carbons (Fsp3) is 0.227. The Hall–Kier alpha value is -1.59. The van der Waals surface area contributed by atoms with E-state index in [4.69, 9.17) is 27.9 Å². The SMILES string of the molecule is CSCCOc1c(C2=NCCN2)cc2ccccc2c1-c1ccc(Cl)cc1Cl.Cl. The number of amidine groups is 1. The second-order valence-electron chi connectivity index (χ2n) is 6.47. The number of nitrogens with zero attached hydrogens (tertiary/aromatic N) is 1. The summed E-state index contributed by atoms with van der Waals surface area (Å²) in [6, 6.07) is 16.0. The lowest BCUT2D eigenvalue weighted by atomic mass is 9.93. The molecule has 1 heterocycles. The van der Waals surface area contributed by atoms with Gasteiger partial charge in [0.25, 0.3) is 0 Å². The van der Waals surface area contributed by atoms with E-state index in [0.717, 1.165) is 57.9 Å². The second-order valence-corrected chi connectivity index (χ2v) is 8.30. The fourth-order valence-corrected chi connectivity index (χ4v) is 4.17. The first-order valence-electron chi connectivity index (χ1n) is 9.10. The summed E-state index contributed by atoms with van der Waals surface area (Å²) in [6.07, 6.45) is 2.07. The quantitative estimate of drug-likeness (QED) is 0.430. The van der Waals surface area contributed by atoms with Crippen molar-refractivity contribution in [1.29, 1.82) is 0 Å². The maximum absolute atomic E-state index is 6.62. The molecule has 0 amide bonds. The topological polar surface area (TPSA) is 33.6 Å². The zero-order valence-electron chi connectivity index (χ0n) is 15.9. The largest absolute Gasteiger partial charge is 0.491 e. The van der Waals surface area contributed by atoms with Crippen molar-refractivity contribution in [2.75, 3.05) is 31.7 Å². The van der Waals surface area contributed by atoms with E-state index in [0.29, 0.717) is 16.7 Å². The number of fused-ring (bicyclic) bond motifs is 1. The summed E-state index contributed by atoms with van der Waals surface area (Å²) < 4.78 is 6.34. The highest BCUT2D eigenvalue weighted by molar-refractivity contribution is 7.98. The van der Waals surface area contributed by atoms with Gasteiger partial charge in [0.05, 0.1) is 23.7 Å². The number of nitrogens with one attached hydrogen (secondary N) is 1. The van der Waals surface area contributed by atoms with Gasteiger partial charge in [0, 0.05) is 28.4 Å². The van der Waals surface area contributed by atoms with Crippen molar-refractivity contribution in [1.82, 2.24) is 5.32 Å². The molecule has 0 unspecified atom stereocenters. The van der Waals surface area contributed by atoms with E-state index in [1.54, 1.807) is 17.8 Å². The average Bonchev–Trinajstić information content (AvgIpc) is 3.23. The van der Waals surface area contributed by atoms with Crippen LogP contribution < -0.4 is 10.1 Å². The van der Waals surface area contributed by atoms with Gasteiger partial charge in [-0.25, -0.2) is 0 Å². The molecule has 3 aromatic carbocycles. The van der Waals surface area contributed by atoms with E-state index >= 15 is 0 Å². The summed E-state index contributed by atoms with van der Waals surface area (Å²) in [7, 11) is 0. The molecule has 0 atom stereocenters. The number of hydrogen-bond donors (Lipinski definition) is 1. The standard InChI is InChI=1S/C22H20Cl2N2OS.ClH/c1-28-11-10-27-21-18(22-25-8-9-26-22)12-14-4-2-3-5-16(14)20(21)17-7-6-15(23)13-19(17)24;/h2-7,12-13H,8-11H2,1H3,(H,25,26);1H. The number of aliphatic imine (C=N–C) groups is 1. The lowest BCUT2D eigenvalue weighted by Gasteiger charge is -2.20. The third-order valence-corrected chi connectivity index (χ3v) is 5.79. The first kappa shape index (κ1) is 22.1. The summed E-state index contributed by atoms with van der Waals surface area (Å²) in [5.41, 5.74) is 2.85. The second kappa shape index (κ2) is 9.94. The van der Waals surface area contributed by atoms with E-state index in [2.05, 4.69) is 34.8 Å². The predicted octanol–water partition coefficient (Wildman–Crippen LogP) is 6.33. The maximum Gasteiger partial charge on any atom is 0.138 e. The molecule has 4 rings (SSSR count). The van der Waals surface area contributed by atoms with Gasteiger partial charge in [0.2, 0.25) is 0 Å². The van der Waals surface area contributed by atoms with Gasteiger partial charge in [-0.05, 0) is 35.2 Å². The van der Waals surface area contributed by atoms with Crippen molar-refractivity contribution in [2.45, 2.75) is 0 Å². The molecule has 1 N–H and O–H groups in total. The maximum atomic E-state index is 6.62. The minimum Gasteiger partial charge on any atom is -0.491 e. The number of ether oxygens (including phenoxy) is 1. The van der Waals surface area contributed by atoms with Crippen LogP contribution in [0.5, 0.6) is 5.75 Å². The van der Waals surface area contributed by atoms with Crippen LogP contribution in [0.1, 0.15) is 5.56 Å². The van der Waals surface area contributed by atoms with Gasteiger partial charge in [-0.3, -0.25) is 4.99 Å². The van der Waals surface area contributed by atoms with Crippen LogP contribution in [0.15, 0.2) is 53.5 Å². The summed E-state index contributed by atoms with van der Waals surface area (Å²) in [4.78, 5) is 4.64. The molecule has 29 heavy (non-hydrogen) atoms. The van der Waals surface area contributed by atoms with E-state index in [-0.39, 0.29) is 12.4 Å². The van der Waals surface area contributed by atoms with Gasteiger partial charge < -0.3 is 10.1 Å². The van der Waals surface area contributed by atoms with Crippen molar-refractivity contribution >= 4 is 64.0 Å². The molecule has 0 radical (unpaired) electrons. The van der Waals surface area contributed by atoms with Crippen molar-refractivity contribution in [3.63, 3.8) is 0 Å². The summed E-state index contributed by atoms with van der Waals surface area (Å²) in [6.45, 7) is 2.21. The monoisotopic (exact) mass is 466 g/mol.